The standard InChI is InChI=1S/C17H23NO6/c1-8-10(15(22)24-7-23-9(2)19)17(4)6-16(8,3)11-12(17)14(21)18(5)13(11)20/h8,10-12H,6-7H2,1-5H3. The Bertz CT molecular complexity index is 645. The fraction of sp³-hybridized carbons (Fsp3) is 0.765. The van der Waals surface area contributed by atoms with Crippen LogP contribution in [0.3, 0.4) is 0 Å². The van der Waals surface area contributed by atoms with Crippen molar-refractivity contribution in [3.63, 3.8) is 0 Å². The van der Waals surface area contributed by atoms with Gasteiger partial charge in [0.1, 0.15) is 0 Å². The molecule has 3 fully saturated rings. The number of fused-ring (bicyclic) bond motifs is 5. The molecule has 0 spiro atoms. The van der Waals surface area contributed by atoms with Crippen molar-refractivity contribution in [1.82, 2.24) is 4.90 Å². The van der Waals surface area contributed by atoms with E-state index in [1.54, 1.807) is 0 Å². The number of carbonyl (C=O) groups is 4. The fourth-order valence-corrected chi connectivity index (χ4v) is 5.61. The van der Waals surface area contributed by atoms with Gasteiger partial charge >= 0.3 is 11.9 Å². The molecule has 0 radical (unpaired) electrons. The molecular weight excluding hydrogens is 314 g/mol. The quantitative estimate of drug-likeness (QED) is 0.433. The molecule has 1 heterocycles. The summed E-state index contributed by atoms with van der Waals surface area (Å²) in [7, 11) is 1.51. The molecule has 1 aliphatic heterocycles. The zero-order valence-electron chi connectivity index (χ0n) is 14.6. The minimum atomic E-state index is -0.621. The molecule has 24 heavy (non-hydrogen) atoms. The first-order valence-electron chi connectivity index (χ1n) is 8.17. The lowest BCUT2D eigenvalue weighted by atomic mass is 9.59. The Balaban J connectivity index is 1.90. The molecule has 7 heteroatoms. The van der Waals surface area contributed by atoms with E-state index >= 15 is 0 Å². The van der Waals surface area contributed by atoms with Gasteiger partial charge in [0.15, 0.2) is 0 Å². The molecule has 6 unspecified atom stereocenters. The van der Waals surface area contributed by atoms with Gasteiger partial charge < -0.3 is 9.47 Å². The normalized spacial score (nSPS) is 43.1. The van der Waals surface area contributed by atoms with Crippen molar-refractivity contribution in [2.75, 3.05) is 13.8 Å². The highest BCUT2D eigenvalue weighted by atomic mass is 16.7. The molecule has 0 aromatic rings. The van der Waals surface area contributed by atoms with Crippen LogP contribution in [0.1, 0.15) is 34.1 Å². The Morgan fingerprint density at radius 1 is 1.12 bits per heavy atom. The Morgan fingerprint density at radius 2 is 1.67 bits per heavy atom. The van der Waals surface area contributed by atoms with Gasteiger partial charge in [-0.15, -0.1) is 0 Å². The summed E-state index contributed by atoms with van der Waals surface area (Å²) in [6, 6.07) is 0. The van der Waals surface area contributed by atoms with Gasteiger partial charge in [-0.1, -0.05) is 20.8 Å². The lowest BCUT2D eigenvalue weighted by molar-refractivity contribution is -0.176. The predicted molar refractivity (Wildman–Crippen MR) is 81.0 cm³/mol. The van der Waals surface area contributed by atoms with E-state index in [9.17, 15) is 19.2 Å². The second kappa shape index (κ2) is 5.04. The number of rotatable bonds is 3. The van der Waals surface area contributed by atoms with Crippen LogP contribution in [0, 0.1) is 34.5 Å². The van der Waals surface area contributed by atoms with Crippen LogP contribution >= 0.6 is 0 Å². The summed E-state index contributed by atoms with van der Waals surface area (Å²) in [6.07, 6.45) is 0.634. The van der Waals surface area contributed by atoms with Crippen molar-refractivity contribution in [3.05, 3.63) is 0 Å². The molecule has 2 saturated carbocycles. The summed E-state index contributed by atoms with van der Waals surface area (Å²) < 4.78 is 9.79. The van der Waals surface area contributed by atoms with E-state index in [0.717, 1.165) is 0 Å². The van der Waals surface area contributed by atoms with Crippen LogP contribution in [0.25, 0.3) is 0 Å². The van der Waals surface area contributed by atoms with Crippen molar-refractivity contribution < 1.29 is 28.7 Å². The number of esters is 2. The van der Waals surface area contributed by atoms with Gasteiger partial charge in [-0.05, 0) is 23.2 Å². The van der Waals surface area contributed by atoms with Crippen LogP contribution in [0.4, 0.5) is 0 Å². The number of nitrogens with zero attached hydrogens (tertiary/aromatic N) is 1. The van der Waals surface area contributed by atoms with Crippen molar-refractivity contribution in [3.8, 4) is 0 Å². The Morgan fingerprint density at radius 3 is 2.21 bits per heavy atom. The number of amides is 2. The lowest BCUT2D eigenvalue weighted by Gasteiger charge is -2.42. The molecule has 2 bridgehead atoms. The predicted octanol–water partition coefficient (Wildman–Crippen LogP) is 0.963. The average Bonchev–Trinajstić information content (AvgIpc) is 2.94. The van der Waals surface area contributed by atoms with Crippen LogP contribution in [0.5, 0.6) is 0 Å². The van der Waals surface area contributed by atoms with Crippen LogP contribution in [0.15, 0.2) is 0 Å². The Labute approximate surface area is 140 Å². The smallest absolute Gasteiger partial charge is 0.312 e. The van der Waals surface area contributed by atoms with E-state index in [0.29, 0.717) is 6.42 Å². The minimum absolute atomic E-state index is 0.100. The summed E-state index contributed by atoms with van der Waals surface area (Å²) in [5.41, 5.74) is -1.04. The highest BCUT2D eigenvalue weighted by molar-refractivity contribution is 6.07. The van der Waals surface area contributed by atoms with Crippen molar-refractivity contribution in [2.45, 2.75) is 34.1 Å². The maximum atomic E-state index is 12.6. The molecule has 2 aliphatic carbocycles. The zero-order chi connectivity index (χ0) is 18.0. The average molecular weight is 337 g/mol. The third-order valence-electron chi connectivity index (χ3n) is 6.68. The maximum absolute atomic E-state index is 12.6. The Hall–Kier alpha value is -1.92. The van der Waals surface area contributed by atoms with Gasteiger partial charge in [-0.2, -0.15) is 0 Å². The zero-order valence-corrected chi connectivity index (χ0v) is 14.6. The van der Waals surface area contributed by atoms with E-state index < -0.39 is 41.4 Å². The van der Waals surface area contributed by atoms with Crippen molar-refractivity contribution >= 4 is 23.8 Å². The third-order valence-corrected chi connectivity index (χ3v) is 6.68. The SMILES string of the molecule is CC(=O)OCOC(=O)C1C(C)C2(C)CC1(C)C1C(=O)N(C)C(=O)C12. The molecule has 1 saturated heterocycles. The van der Waals surface area contributed by atoms with Crippen molar-refractivity contribution in [2.24, 2.45) is 34.5 Å². The number of hydrogen-bond acceptors (Lipinski definition) is 6. The van der Waals surface area contributed by atoms with E-state index in [1.807, 2.05) is 20.8 Å². The highest BCUT2D eigenvalue weighted by Gasteiger charge is 2.77. The molecule has 6 atom stereocenters. The topological polar surface area (TPSA) is 90.0 Å². The summed E-state index contributed by atoms with van der Waals surface area (Å²) in [6.45, 7) is 6.64. The summed E-state index contributed by atoms with van der Waals surface area (Å²) in [5, 5.41) is 0. The number of carbonyl (C=O) groups excluding carboxylic acids is 4. The molecule has 7 nitrogen and oxygen atoms in total. The second-order valence-electron chi connectivity index (χ2n) is 7.86. The van der Waals surface area contributed by atoms with Crippen LogP contribution in [-0.4, -0.2) is 42.5 Å². The number of likely N-dealkylation sites (tertiary alicyclic amines) is 1. The van der Waals surface area contributed by atoms with Gasteiger partial charge in [0, 0.05) is 14.0 Å². The van der Waals surface area contributed by atoms with Crippen molar-refractivity contribution in [1.29, 1.82) is 0 Å². The van der Waals surface area contributed by atoms with E-state index in [4.69, 9.17) is 4.74 Å². The first kappa shape index (κ1) is 16.9. The lowest BCUT2D eigenvalue weighted by Crippen LogP contribution is -2.48. The third kappa shape index (κ3) is 1.90. The van der Waals surface area contributed by atoms with Gasteiger partial charge in [0.05, 0.1) is 17.8 Å². The first-order chi connectivity index (χ1) is 11.1. The highest BCUT2D eigenvalue weighted by Crippen LogP contribution is 2.73. The monoisotopic (exact) mass is 337 g/mol. The maximum Gasteiger partial charge on any atom is 0.312 e. The second-order valence-corrected chi connectivity index (χ2v) is 7.86. The van der Waals surface area contributed by atoms with E-state index in [1.165, 1.54) is 18.9 Å². The van der Waals surface area contributed by atoms with Gasteiger partial charge in [-0.25, -0.2) is 0 Å². The molecule has 2 amide bonds. The molecule has 3 rings (SSSR count). The van der Waals surface area contributed by atoms with Crippen LogP contribution < -0.4 is 0 Å². The largest absolute Gasteiger partial charge is 0.428 e. The molecular formula is C17H23NO6. The minimum Gasteiger partial charge on any atom is -0.428 e. The van der Waals surface area contributed by atoms with Crippen LogP contribution in [0.2, 0.25) is 0 Å². The van der Waals surface area contributed by atoms with Gasteiger partial charge in [0.25, 0.3) is 0 Å². The molecule has 0 aromatic carbocycles. The van der Waals surface area contributed by atoms with Gasteiger partial charge in [-0.3, -0.25) is 24.1 Å². The molecule has 0 N–H and O–H groups in total. The van der Waals surface area contributed by atoms with Crippen LogP contribution in [-0.2, 0) is 28.7 Å². The van der Waals surface area contributed by atoms with Gasteiger partial charge in [0.2, 0.25) is 18.6 Å². The first-order valence-corrected chi connectivity index (χ1v) is 8.17. The number of hydrogen-bond donors (Lipinski definition) is 0. The summed E-state index contributed by atoms with van der Waals surface area (Å²) >= 11 is 0. The fourth-order valence-electron chi connectivity index (χ4n) is 5.61. The number of ether oxygens (including phenoxy) is 2. The Kier molecular flexibility index (Phi) is 3.55. The molecule has 3 aliphatic rings. The van der Waals surface area contributed by atoms with E-state index in [2.05, 4.69) is 4.74 Å². The molecule has 0 aromatic heterocycles. The van der Waals surface area contributed by atoms with E-state index in [-0.39, 0.29) is 23.7 Å². The summed E-state index contributed by atoms with van der Waals surface area (Å²) in [4.78, 5) is 49.8. The summed E-state index contributed by atoms with van der Waals surface area (Å²) in [5.74, 6) is -2.80. The number of imide groups is 1. The molecule has 132 valence electrons.